The highest BCUT2D eigenvalue weighted by Crippen LogP contribution is 2.40. The lowest BCUT2D eigenvalue weighted by molar-refractivity contribution is -0.113. The highest BCUT2D eigenvalue weighted by atomic mass is 32.2. The van der Waals surface area contributed by atoms with Gasteiger partial charge in [-0.15, -0.1) is 16.8 Å². The number of benzene rings is 1. The van der Waals surface area contributed by atoms with E-state index in [0.717, 1.165) is 35.2 Å². The van der Waals surface area contributed by atoms with E-state index in [-0.39, 0.29) is 17.1 Å². The number of hydrogen-bond donors (Lipinski definition) is 1. The third-order valence-corrected chi connectivity index (χ3v) is 6.04. The van der Waals surface area contributed by atoms with E-state index in [4.69, 9.17) is 5.10 Å². The fraction of sp³-hybridized carbons (Fsp3) is 0.391. The monoisotopic (exact) mass is 436 g/mol. The second-order valence-electron chi connectivity index (χ2n) is 8.76. The van der Waals surface area contributed by atoms with Gasteiger partial charge >= 0.3 is 0 Å². The fourth-order valence-electron chi connectivity index (χ4n) is 3.26. The second-order valence-corrected chi connectivity index (χ2v) is 9.71. The minimum atomic E-state index is -0.130. The Balaban J connectivity index is 1.50. The molecule has 1 fully saturated rings. The lowest BCUT2D eigenvalue weighted by Gasteiger charge is -2.14. The van der Waals surface area contributed by atoms with Crippen LogP contribution in [0, 0.1) is 0 Å². The molecule has 2 heterocycles. The van der Waals surface area contributed by atoms with Gasteiger partial charge in [0, 0.05) is 23.9 Å². The maximum Gasteiger partial charge on any atom is 0.236 e. The standard InChI is InChI=1S/C23H28N6OS/c1-5-13-28-21(16-11-12-16)25-26-22(28)31-15-20(30)24-19-14-18(23(2,3)4)27-29(19)17-9-7-6-8-10-17/h5-10,14,16H,1,11-13,15H2,2-4H3,(H,24,30). The largest absolute Gasteiger partial charge is 0.310 e. The summed E-state index contributed by atoms with van der Waals surface area (Å²) >= 11 is 1.39. The van der Waals surface area contributed by atoms with Gasteiger partial charge in [-0.1, -0.05) is 56.8 Å². The molecule has 162 valence electrons. The van der Waals surface area contributed by atoms with Crippen molar-refractivity contribution in [2.24, 2.45) is 0 Å². The molecule has 4 rings (SSSR count). The Labute approximate surface area is 186 Å². The number of para-hydroxylation sites is 1. The van der Waals surface area contributed by atoms with E-state index in [2.05, 4.69) is 47.4 Å². The molecule has 0 aliphatic heterocycles. The molecule has 2 aromatic heterocycles. The number of nitrogens with zero attached hydrogens (tertiary/aromatic N) is 5. The van der Waals surface area contributed by atoms with Crippen LogP contribution in [0.25, 0.3) is 5.69 Å². The summed E-state index contributed by atoms with van der Waals surface area (Å²) in [5.41, 5.74) is 1.69. The zero-order valence-corrected chi connectivity index (χ0v) is 19.0. The Kier molecular flexibility index (Phi) is 6.00. The Morgan fingerprint density at radius 2 is 2.00 bits per heavy atom. The van der Waals surface area contributed by atoms with Crippen molar-refractivity contribution in [1.29, 1.82) is 0 Å². The minimum absolute atomic E-state index is 0.108. The van der Waals surface area contributed by atoms with Crippen LogP contribution in [0.15, 0.2) is 54.2 Å². The topological polar surface area (TPSA) is 77.6 Å². The van der Waals surface area contributed by atoms with Crippen molar-refractivity contribution in [1.82, 2.24) is 24.5 Å². The van der Waals surface area contributed by atoms with Crippen molar-refractivity contribution >= 4 is 23.5 Å². The van der Waals surface area contributed by atoms with E-state index >= 15 is 0 Å². The second kappa shape index (κ2) is 8.70. The first kappa shape index (κ1) is 21.4. The van der Waals surface area contributed by atoms with Gasteiger partial charge in [-0.25, -0.2) is 4.68 Å². The molecule has 0 bridgehead atoms. The molecule has 3 aromatic rings. The van der Waals surface area contributed by atoms with Gasteiger partial charge in [0.1, 0.15) is 11.6 Å². The first-order valence-corrected chi connectivity index (χ1v) is 11.5. The first-order valence-electron chi connectivity index (χ1n) is 10.5. The molecule has 1 saturated carbocycles. The summed E-state index contributed by atoms with van der Waals surface area (Å²) in [6.07, 6.45) is 4.14. The zero-order valence-electron chi connectivity index (χ0n) is 18.2. The van der Waals surface area contributed by atoms with Gasteiger partial charge in [0.2, 0.25) is 5.91 Å². The molecule has 7 nitrogen and oxygen atoms in total. The number of thioether (sulfide) groups is 1. The van der Waals surface area contributed by atoms with Crippen molar-refractivity contribution < 1.29 is 4.79 Å². The summed E-state index contributed by atoms with van der Waals surface area (Å²) in [5, 5.41) is 17.2. The average molecular weight is 437 g/mol. The summed E-state index contributed by atoms with van der Waals surface area (Å²) in [6, 6.07) is 11.8. The molecule has 31 heavy (non-hydrogen) atoms. The van der Waals surface area contributed by atoms with Gasteiger partial charge in [0.05, 0.1) is 17.1 Å². The van der Waals surface area contributed by atoms with Crippen LogP contribution < -0.4 is 5.32 Å². The summed E-state index contributed by atoms with van der Waals surface area (Å²) < 4.78 is 3.85. The third-order valence-electron chi connectivity index (χ3n) is 5.08. The van der Waals surface area contributed by atoms with Gasteiger partial charge in [0.25, 0.3) is 0 Å². The predicted molar refractivity (Wildman–Crippen MR) is 124 cm³/mol. The lowest BCUT2D eigenvalue weighted by atomic mass is 9.92. The number of carbonyl (C=O) groups is 1. The van der Waals surface area contributed by atoms with E-state index in [9.17, 15) is 4.79 Å². The van der Waals surface area contributed by atoms with Gasteiger partial charge in [0.15, 0.2) is 5.16 Å². The minimum Gasteiger partial charge on any atom is -0.310 e. The maximum atomic E-state index is 12.8. The summed E-state index contributed by atoms with van der Waals surface area (Å²) in [4.78, 5) is 12.8. The van der Waals surface area contributed by atoms with Gasteiger partial charge in [-0.2, -0.15) is 5.10 Å². The Morgan fingerprint density at radius 1 is 1.26 bits per heavy atom. The molecule has 1 aliphatic rings. The van der Waals surface area contributed by atoms with Gasteiger partial charge in [-0.3, -0.25) is 4.79 Å². The van der Waals surface area contributed by atoms with Crippen molar-refractivity contribution in [2.45, 2.75) is 56.6 Å². The highest BCUT2D eigenvalue weighted by molar-refractivity contribution is 7.99. The molecular formula is C23H28N6OS. The van der Waals surface area contributed by atoms with Gasteiger partial charge < -0.3 is 9.88 Å². The van der Waals surface area contributed by atoms with E-state index in [1.165, 1.54) is 11.8 Å². The third kappa shape index (κ3) is 4.90. The first-order chi connectivity index (χ1) is 14.9. The SMILES string of the molecule is C=CCn1c(SCC(=O)Nc2cc(C(C)(C)C)nn2-c2ccccc2)nnc1C1CC1. The van der Waals surface area contributed by atoms with Crippen LogP contribution in [0.2, 0.25) is 0 Å². The number of carbonyl (C=O) groups excluding carboxylic acids is 1. The Hall–Kier alpha value is -2.87. The summed E-state index contributed by atoms with van der Waals surface area (Å²) in [5.74, 6) is 2.29. The number of hydrogen-bond acceptors (Lipinski definition) is 5. The molecule has 1 aromatic carbocycles. The lowest BCUT2D eigenvalue weighted by Crippen LogP contribution is -2.17. The van der Waals surface area contributed by atoms with E-state index in [1.807, 2.05) is 42.5 Å². The summed E-state index contributed by atoms with van der Waals surface area (Å²) in [7, 11) is 0. The van der Waals surface area contributed by atoms with Crippen LogP contribution in [0.3, 0.4) is 0 Å². The van der Waals surface area contributed by atoms with E-state index in [0.29, 0.717) is 18.3 Å². The quantitative estimate of drug-likeness (QED) is 0.414. The van der Waals surface area contributed by atoms with Crippen LogP contribution in [0.4, 0.5) is 5.82 Å². The molecule has 0 saturated heterocycles. The number of aromatic nitrogens is 5. The highest BCUT2D eigenvalue weighted by Gasteiger charge is 2.30. The van der Waals surface area contributed by atoms with Crippen LogP contribution in [-0.2, 0) is 16.8 Å². The zero-order chi connectivity index (χ0) is 22.0. The Morgan fingerprint density at radius 3 is 2.65 bits per heavy atom. The molecule has 1 aliphatic carbocycles. The van der Waals surface area contributed by atoms with E-state index in [1.54, 1.807) is 4.68 Å². The van der Waals surface area contributed by atoms with Crippen LogP contribution in [0.1, 0.15) is 51.0 Å². The molecule has 1 N–H and O–H groups in total. The molecule has 0 unspecified atom stereocenters. The van der Waals surface area contributed by atoms with Crippen molar-refractivity contribution in [2.75, 3.05) is 11.1 Å². The number of nitrogens with one attached hydrogen (secondary N) is 1. The van der Waals surface area contributed by atoms with Crippen molar-refractivity contribution in [3.05, 3.63) is 60.6 Å². The number of anilines is 1. The van der Waals surface area contributed by atoms with Gasteiger partial charge in [-0.05, 0) is 25.0 Å². The average Bonchev–Trinajstić information content (AvgIpc) is 3.36. The van der Waals surface area contributed by atoms with Crippen LogP contribution in [0.5, 0.6) is 0 Å². The number of rotatable bonds is 8. The Bertz CT molecular complexity index is 1080. The molecule has 0 atom stereocenters. The van der Waals surface area contributed by atoms with Crippen molar-refractivity contribution in [3.63, 3.8) is 0 Å². The molecule has 8 heteroatoms. The van der Waals surface area contributed by atoms with Crippen molar-refractivity contribution in [3.8, 4) is 5.69 Å². The molecular weight excluding hydrogens is 408 g/mol. The van der Waals surface area contributed by atoms with Crippen LogP contribution in [-0.4, -0.2) is 36.2 Å². The molecule has 1 amide bonds. The normalized spacial score (nSPS) is 13.9. The predicted octanol–water partition coefficient (Wildman–Crippen LogP) is 4.56. The fourth-order valence-corrected chi connectivity index (χ4v) is 4.02. The smallest absolute Gasteiger partial charge is 0.236 e. The molecule has 0 radical (unpaired) electrons. The number of allylic oxidation sites excluding steroid dienone is 1. The summed E-state index contributed by atoms with van der Waals surface area (Å²) in [6.45, 7) is 10.8. The number of amides is 1. The maximum absolute atomic E-state index is 12.8. The van der Waals surface area contributed by atoms with E-state index < -0.39 is 0 Å². The molecule has 0 spiro atoms. The van der Waals surface area contributed by atoms with Crippen LogP contribution >= 0.6 is 11.8 Å².